The Bertz CT molecular complexity index is 656. The third-order valence-electron chi connectivity index (χ3n) is 2.99. The van der Waals surface area contributed by atoms with Crippen molar-refractivity contribution in [2.45, 2.75) is 20.3 Å². The average molecular weight is 291 g/mol. The summed E-state index contributed by atoms with van der Waals surface area (Å²) < 4.78 is 4.66. The Labute approximate surface area is 122 Å². The molecule has 0 atom stereocenters. The quantitative estimate of drug-likeness (QED) is 0.815. The molecule has 20 heavy (non-hydrogen) atoms. The molecule has 0 saturated carbocycles. The van der Waals surface area contributed by atoms with Gasteiger partial charge in [-0.05, 0) is 31.0 Å². The first-order chi connectivity index (χ1) is 9.51. The maximum absolute atomic E-state index is 11.3. The molecule has 104 valence electrons. The van der Waals surface area contributed by atoms with Gasteiger partial charge < -0.3 is 4.74 Å². The van der Waals surface area contributed by atoms with E-state index in [0.29, 0.717) is 5.02 Å². The summed E-state index contributed by atoms with van der Waals surface area (Å²) in [4.78, 5) is 19.9. The molecule has 1 heterocycles. The van der Waals surface area contributed by atoms with Crippen molar-refractivity contribution < 1.29 is 9.53 Å². The molecule has 0 saturated heterocycles. The normalized spacial score (nSPS) is 10.4. The zero-order chi connectivity index (χ0) is 14.7. The van der Waals surface area contributed by atoms with Crippen molar-refractivity contribution in [3.05, 3.63) is 46.4 Å². The maximum Gasteiger partial charge on any atom is 0.310 e. The number of benzene rings is 1. The number of hydrogen-bond donors (Lipinski definition) is 0. The van der Waals surface area contributed by atoms with Crippen LogP contribution in [0.1, 0.15) is 16.8 Å². The van der Waals surface area contributed by atoms with E-state index in [1.807, 2.05) is 26.0 Å². The number of aromatic nitrogens is 2. The number of methoxy groups -OCH3 is 1. The molecule has 0 spiro atoms. The summed E-state index contributed by atoms with van der Waals surface area (Å²) in [6.45, 7) is 3.84. The minimum absolute atomic E-state index is 0.163. The van der Waals surface area contributed by atoms with Crippen molar-refractivity contribution in [3.63, 3.8) is 0 Å². The van der Waals surface area contributed by atoms with E-state index in [1.54, 1.807) is 12.4 Å². The molecule has 1 aromatic carbocycles. The minimum atomic E-state index is -0.311. The van der Waals surface area contributed by atoms with Crippen LogP contribution in [0.3, 0.4) is 0 Å². The second kappa shape index (κ2) is 6.01. The average Bonchev–Trinajstić information content (AvgIpc) is 2.42. The third-order valence-corrected chi connectivity index (χ3v) is 3.34. The lowest BCUT2D eigenvalue weighted by molar-refractivity contribution is -0.139. The highest BCUT2D eigenvalue weighted by molar-refractivity contribution is 6.31. The zero-order valence-corrected chi connectivity index (χ0v) is 12.4. The summed E-state index contributed by atoms with van der Waals surface area (Å²) in [5, 5.41) is 0.527. The fraction of sp³-hybridized carbons (Fsp3) is 0.267. The molecular formula is C15H15ClN2O2. The lowest BCUT2D eigenvalue weighted by atomic mass is 10.0. The van der Waals surface area contributed by atoms with Crippen LogP contribution in [0, 0.1) is 13.8 Å². The van der Waals surface area contributed by atoms with E-state index in [-0.39, 0.29) is 12.4 Å². The van der Waals surface area contributed by atoms with Crippen LogP contribution in [0.4, 0.5) is 0 Å². The number of carbonyl (C=O) groups is 1. The Morgan fingerprint density at radius 3 is 2.70 bits per heavy atom. The van der Waals surface area contributed by atoms with E-state index in [9.17, 15) is 4.79 Å². The number of ether oxygens (including phenoxy) is 1. The Kier molecular flexibility index (Phi) is 4.35. The first kappa shape index (κ1) is 14.5. The third kappa shape index (κ3) is 3.14. The molecule has 0 fully saturated rings. The van der Waals surface area contributed by atoms with Crippen LogP contribution >= 0.6 is 11.6 Å². The molecule has 4 nitrogen and oxygen atoms in total. The number of rotatable bonds is 3. The minimum Gasteiger partial charge on any atom is -0.469 e. The molecule has 0 radical (unpaired) electrons. The molecule has 0 N–H and O–H groups in total. The van der Waals surface area contributed by atoms with Gasteiger partial charge in [-0.3, -0.25) is 9.78 Å². The van der Waals surface area contributed by atoms with E-state index in [4.69, 9.17) is 11.6 Å². The van der Waals surface area contributed by atoms with Crippen molar-refractivity contribution in [3.8, 4) is 11.3 Å². The molecule has 1 aromatic heterocycles. The second-order valence-electron chi connectivity index (χ2n) is 4.56. The summed E-state index contributed by atoms with van der Waals surface area (Å²) in [5.74, 6) is -0.311. The predicted octanol–water partition coefficient (Wildman–Crippen LogP) is 3.13. The van der Waals surface area contributed by atoms with Crippen LogP contribution in [0.5, 0.6) is 0 Å². The van der Waals surface area contributed by atoms with E-state index < -0.39 is 0 Å². The van der Waals surface area contributed by atoms with Crippen LogP contribution in [0.2, 0.25) is 5.02 Å². The van der Waals surface area contributed by atoms with E-state index in [0.717, 1.165) is 28.1 Å². The van der Waals surface area contributed by atoms with Crippen molar-refractivity contribution in [1.29, 1.82) is 0 Å². The number of nitrogens with zero attached hydrogens (tertiary/aromatic N) is 2. The number of esters is 1. The second-order valence-corrected chi connectivity index (χ2v) is 4.96. The largest absolute Gasteiger partial charge is 0.469 e. The monoisotopic (exact) mass is 290 g/mol. The van der Waals surface area contributed by atoms with Gasteiger partial charge in [0, 0.05) is 16.8 Å². The molecule has 0 bridgehead atoms. The van der Waals surface area contributed by atoms with Crippen molar-refractivity contribution in [2.24, 2.45) is 0 Å². The van der Waals surface area contributed by atoms with Crippen LogP contribution < -0.4 is 0 Å². The van der Waals surface area contributed by atoms with Crippen LogP contribution in [0.15, 0.2) is 24.5 Å². The lowest BCUT2D eigenvalue weighted by Gasteiger charge is -2.10. The Balaban J connectivity index is 2.42. The van der Waals surface area contributed by atoms with E-state index in [2.05, 4.69) is 14.7 Å². The van der Waals surface area contributed by atoms with Gasteiger partial charge >= 0.3 is 5.97 Å². The highest BCUT2D eigenvalue weighted by atomic mass is 35.5. The molecule has 0 amide bonds. The summed E-state index contributed by atoms with van der Waals surface area (Å²) in [6.07, 6.45) is 3.56. The molecule has 2 rings (SSSR count). The maximum atomic E-state index is 11.3. The van der Waals surface area contributed by atoms with Gasteiger partial charge in [0.1, 0.15) is 0 Å². The Hall–Kier alpha value is -1.94. The van der Waals surface area contributed by atoms with Gasteiger partial charge in [-0.1, -0.05) is 17.7 Å². The fourth-order valence-corrected chi connectivity index (χ4v) is 2.20. The lowest BCUT2D eigenvalue weighted by Crippen LogP contribution is -2.05. The molecule has 0 unspecified atom stereocenters. The van der Waals surface area contributed by atoms with Gasteiger partial charge in [0.05, 0.1) is 31.1 Å². The van der Waals surface area contributed by atoms with Gasteiger partial charge in [-0.25, -0.2) is 4.98 Å². The molecule has 2 aromatic rings. The summed E-state index contributed by atoms with van der Waals surface area (Å²) in [7, 11) is 1.36. The molecule has 0 aliphatic heterocycles. The molecular weight excluding hydrogens is 276 g/mol. The van der Waals surface area contributed by atoms with Gasteiger partial charge in [-0.15, -0.1) is 0 Å². The highest BCUT2D eigenvalue weighted by Crippen LogP contribution is 2.28. The fourth-order valence-electron chi connectivity index (χ4n) is 1.97. The number of halogens is 1. The molecule has 5 heteroatoms. The number of aryl methyl sites for hydroxylation is 2. The zero-order valence-electron chi connectivity index (χ0n) is 11.6. The van der Waals surface area contributed by atoms with Crippen molar-refractivity contribution in [1.82, 2.24) is 9.97 Å². The SMILES string of the molecule is COC(=O)Cc1cc(C)c(-c2cncc(C)n2)cc1Cl. The van der Waals surface area contributed by atoms with E-state index in [1.165, 1.54) is 7.11 Å². The standard InChI is InChI=1S/C15H15ClN2O2/c1-9-4-11(5-15(19)20-3)13(16)6-12(9)14-8-17-7-10(2)18-14/h4,6-8H,5H2,1-3H3. The van der Waals surface area contributed by atoms with Crippen LogP contribution in [0.25, 0.3) is 11.3 Å². The Morgan fingerprint density at radius 1 is 1.30 bits per heavy atom. The van der Waals surface area contributed by atoms with Gasteiger partial charge in [0.25, 0.3) is 0 Å². The van der Waals surface area contributed by atoms with Gasteiger partial charge in [0.2, 0.25) is 0 Å². The Morgan fingerprint density at radius 2 is 2.05 bits per heavy atom. The smallest absolute Gasteiger partial charge is 0.310 e. The predicted molar refractivity (Wildman–Crippen MR) is 77.7 cm³/mol. The number of carbonyl (C=O) groups excluding carboxylic acids is 1. The summed E-state index contributed by atoms with van der Waals surface area (Å²) in [5.41, 5.74) is 4.28. The summed E-state index contributed by atoms with van der Waals surface area (Å²) in [6, 6.07) is 3.71. The topological polar surface area (TPSA) is 52.1 Å². The first-order valence-corrected chi connectivity index (χ1v) is 6.54. The first-order valence-electron chi connectivity index (χ1n) is 6.16. The van der Waals surface area contributed by atoms with Crippen molar-refractivity contribution >= 4 is 17.6 Å². The number of hydrogen-bond acceptors (Lipinski definition) is 4. The van der Waals surface area contributed by atoms with Crippen molar-refractivity contribution in [2.75, 3.05) is 7.11 Å². The molecule has 0 aliphatic rings. The highest BCUT2D eigenvalue weighted by Gasteiger charge is 2.12. The van der Waals surface area contributed by atoms with Crippen LogP contribution in [-0.4, -0.2) is 23.0 Å². The van der Waals surface area contributed by atoms with Crippen LogP contribution in [-0.2, 0) is 16.0 Å². The van der Waals surface area contributed by atoms with E-state index >= 15 is 0 Å². The van der Waals surface area contributed by atoms with Gasteiger partial charge in [-0.2, -0.15) is 0 Å². The molecule has 0 aliphatic carbocycles. The van der Waals surface area contributed by atoms with Gasteiger partial charge in [0.15, 0.2) is 0 Å². The summed E-state index contributed by atoms with van der Waals surface area (Å²) >= 11 is 6.24.